The number of nitrogens with zero attached hydrogens (tertiary/aromatic N) is 4. The standard InChI is InChI=1S/C17H21ClFN5/c1-12-9-15(23-13(2)22-12)21-11-17(19)5-7-24(8-6-17)16-4-3-14(18)10-20-16/h3-4,9-10H,5-8,11H2,1-2H3,(H,21,22,23). The molecule has 0 aliphatic carbocycles. The fraction of sp³-hybridized carbons (Fsp3) is 0.471. The Labute approximate surface area is 146 Å². The molecule has 3 heterocycles. The number of pyridine rings is 1. The molecule has 128 valence electrons. The Morgan fingerprint density at radius 1 is 1.25 bits per heavy atom. The van der Waals surface area contributed by atoms with Crippen molar-refractivity contribution in [2.75, 3.05) is 29.9 Å². The number of halogens is 2. The number of piperidine rings is 1. The van der Waals surface area contributed by atoms with E-state index in [9.17, 15) is 0 Å². The number of aromatic nitrogens is 3. The highest BCUT2D eigenvalue weighted by Crippen LogP contribution is 2.29. The van der Waals surface area contributed by atoms with Gasteiger partial charge in [0.05, 0.1) is 11.6 Å². The second kappa shape index (κ2) is 6.89. The first-order valence-electron chi connectivity index (χ1n) is 8.05. The van der Waals surface area contributed by atoms with Crippen LogP contribution in [-0.4, -0.2) is 40.3 Å². The highest BCUT2D eigenvalue weighted by atomic mass is 35.5. The summed E-state index contributed by atoms with van der Waals surface area (Å²) >= 11 is 5.86. The molecule has 1 saturated heterocycles. The van der Waals surface area contributed by atoms with Crippen LogP contribution in [0, 0.1) is 13.8 Å². The first-order valence-corrected chi connectivity index (χ1v) is 8.43. The number of rotatable bonds is 4. The quantitative estimate of drug-likeness (QED) is 0.914. The zero-order chi connectivity index (χ0) is 17.2. The van der Waals surface area contributed by atoms with E-state index in [-0.39, 0.29) is 6.54 Å². The van der Waals surface area contributed by atoms with E-state index in [2.05, 4.69) is 25.2 Å². The third kappa shape index (κ3) is 4.12. The van der Waals surface area contributed by atoms with E-state index >= 15 is 4.39 Å². The fourth-order valence-electron chi connectivity index (χ4n) is 2.92. The van der Waals surface area contributed by atoms with Crippen LogP contribution in [-0.2, 0) is 0 Å². The Morgan fingerprint density at radius 2 is 2.00 bits per heavy atom. The number of nitrogens with one attached hydrogen (secondary N) is 1. The van der Waals surface area contributed by atoms with E-state index in [0.29, 0.717) is 42.6 Å². The molecule has 0 atom stereocenters. The summed E-state index contributed by atoms with van der Waals surface area (Å²) in [5, 5.41) is 3.73. The van der Waals surface area contributed by atoms with E-state index in [1.807, 2.05) is 32.0 Å². The Balaban J connectivity index is 1.57. The van der Waals surface area contributed by atoms with Crippen molar-refractivity contribution in [3.8, 4) is 0 Å². The Kier molecular flexibility index (Phi) is 4.85. The zero-order valence-electron chi connectivity index (χ0n) is 13.9. The van der Waals surface area contributed by atoms with Crippen molar-refractivity contribution in [3.05, 3.63) is 40.9 Å². The van der Waals surface area contributed by atoms with Crippen molar-refractivity contribution < 1.29 is 4.39 Å². The van der Waals surface area contributed by atoms with Crippen molar-refractivity contribution in [2.45, 2.75) is 32.4 Å². The first kappa shape index (κ1) is 16.9. The fourth-order valence-corrected chi connectivity index (χ4v) is 3.04. The molecule has 0 bridgehead atoms. The lowest BCUT2D eigenvalue weighted by Crippen LogP contribution is -2.45. The predicted molar refractivity (Wildman–Crippen MR) is 94.5 cm³/mol. The largest absolute Gasteiger partial charge is 0.367 e. The Bertz CT molecular complexity index is 678. The van der Waals surface area contributed by atoms with E-state index in [4.69, 9.17) is 11.6 Å². The van der Waals surface area contributed by atoms with Crippen LogP contribution in [0.1, 0.15) is 24.4 Å². The predicted octanol–water partition coefficient (Wildman–Crippen LogP) is 3.56. The summed E-state index contributed by atoms with van der Waals surface area (Å²) in [5.74, 6) is 2.21. The minimum absolute atomic E-state index is 0.255. The second-order valence-electron chi connectivity index (χ2n) is 6.27. The lowest BCUT2D eigenvalue weighted by molar-refractivity contribution is 0.140. The van der Waals surface area contributed by atoms with Crippen LogP contribution < -0.4 is 10.2 Å². The van der Waals surface area contributed by atoms with Crippen molar-refractivity contribution in [2.24, 2.45) is 0 Å². The summed E-state index contributed by atoms with van der Waals surface area (Å²) in [6, 6.07) is 5.52. The van der Waals surface area contributed by atoms with Crippen LogP contribution in [0.5, 0.6) is 0 Å². The van der Waals surface area contributed by atoms with Gasteiger partial charge in [-0.2, -0.15) is 0 Å². The molecule has 3 rings (SSSR count). The monoisotopic (exact) mass is 349 g/mol. The topological polar surface area (TPSA) is 53.9 Å². The number of alkyl halides is 1. The number of hydrogen-bond donors (Lipinski definition) is 1. The lowest BCUT2D eigenvalue weighted by atomic mass is 9.93. The lowest BCUT2D eigenvalue weighted by Gasteiger charge is -2.37. The molecular weight excluding hydrogens is 329 g/mol. The average molecular weight is 350 g/mol. The number of hydrogen-bond acceptors (Lipinski definition) is 5. The number of aryl methyl sites for hydroxylation is 2. The van der Waals surface area contributed by atoms with Gasteiger partial charge >= 0.3 is 0 Å². The van der Waals surface area contributed by atoms with Gasteiger partial charge in [0.1, 0.15) is 23.1 Å². The summed E-state index contributed by atoms with van der Waals surface area (Å²) < 4.78 is 15.0. The van der Waals surface area contributed by atoms with Gasteiger partial charge in [-0.25, -0.2) is 19.3 Å². The molecule has 1 aliphatic heterocycles. The smallest absolute Gasteiger partial charge is 0.131 e. The molecule has 1 aliphatic rings. The minimum atomic E-state index is -1.24. The molecule has 0 unspecified atom stereocenters. The first-order chi connectivity index (χ1) is 11.4. The van der Waals surface area contributed by atoms with Gasteiger partial charge in [-0.15, -0.1) is 0 Å². The zero-order valence-corrected chi connectivity index (χ0v) is 14.6. The summed E-state index contributed by atoms with van der Waals surface area (Å²) in [7, 11) is 0. The van der Waals surface area contributed by atoms with Crippen LogP contribution in [0.15, 0.2) is 24.4 Å². The van der Waals surface area contributed by atoms with Gasteiger partial charge in [0.25, 0.3) is 0 Å². The van der Waals surface area contributed by atoms with Gasteiger partial charge in [0, 0.05) is 43.9 Å². The normalized spacial score (nSPS) is 16.9. The van der Waals surface area contributed by atoms with E-state index < -0.39 is 5.67 Å². The highest BCUT2D eigenvalue weighted by Gasteiger charge is 2.34. The molecule has 0 saturated carbocycles. The van der Waals surface area contributed by atoms with Crippen LogP contribution in [0.4, 0.5) is 16.0 Å². The third-order valence-corrected chi connectivity index (χ3v) is 4.47. The molecule has 2 aromatic heterocycles. The van der Waals surface area contributed by atoms with Gasteiger partial charge in [0.15, 0.2) is 0 Å². The molecule has 0 aromatic carbocycles. The Morgan fingerprint density at radius 3 is 2.62 bits per heavy atom. The number of anilines is 2. The molecule has 0 spiro atoms. The van der Waals surface area contributed by atoms with Gasteiger partial charge in [0.2, 0.25) is 0 Å². The van der Waals surface area contributed by atoms with Crippen LogP contribution in [0.25, 0.3) is 0 Å². The summed E-state index contributed by atoms with van der Waals surface area (Å²) in [4.78, 5) is 14.9. The summed E-state index contributed by atoms with van der Waals surface area (Å²) in [5.41, 5.74) is -0.364. The second-order valence-corrected chi connectivity index (χ2v) is 6.70. The van der Waals surface area contributed by atoms with Crippen LogP contribution >= 0.6 is 11.6 Å². The molecule has 7 heteroatoms. The van der Waals surface area contributed by atoms with Gasteiger partial charge in [-0.1, -0.05) is 11.6 Å². The maximum absolute atomic E-state index is 15.0. The highest BCUT2D eigenvalue weighted by molar-refractivity contribution is 6.30. The van der Waals surface area contributed by atoms with Gasteiger partial charge in [-0.05, 0) is 26.0 Å². The molecule has 24 heavy (non-hydrogen) atoms. The molecular formula is C17H21ClFN5. The van der Waals surface area contributed by atoms with Crippen molar-refractivity contribution >= 4 is 23.2 Å². The van der Waals surface area contributed by atoms with Gasteiger partial charge < -0.3 is 10.2 Å². The van der Waals surface area contributed by atoms with Crippen molar-refractivity contribution in [1.29, 1.82) is 0 Å². The summed E-state index contributed by atoms with van der Waals surface area (Å²) in [6.45, 7) is 5.26. The van der Waals surface area contributed by atoms with E-state index in [0.717, 1.165) is 11.5 Å². The molecule has 2 aromatic rings. The van der Waals surface area contributed by atoms with Crippen LogP contribution in [0.2, 0.25) is 5.02 Å². The molecule has 1 fully saturated rings. The molecule has 0 amide bonds. The third-order valence-electron chi connectivity index (χ3n) is 4.25. The van der Waals surface area contributed by atoms with Crippen molar-refractivity contribution in [3.63, 3.8) is 0 Å². The van der Waals surface area contributed by atoms with E-state index in [1.54, 1.807) is 6.20 Å². The van der Waals surface area contributed by atoms with Crippen molar-refractivity contribution in [1.82, 2.24) is 15.0 Å². The maximum atomic E-state index is 15.0. The van der Waals surface area contributed by atoms with Gasteiger partial charge in [-0.3, -0.25) is 0 Å². The SMILES string of the molecule is Cc1cc(NCC2(F)CCN(c3ccc(Cl)cn3)CC2)nc(C)n1. The molecule has 0 radical (unpaired) electrons. The van der Waals surface area contributed by atoms with Crippen LogP contribution in [0.3, 0.4) is 0 Å². The maximum Gasteiger partial charge on any atom is 0.131 e. The molecule has 5 nitrogen and oxygen atoms in total. The average Bonchev–Trinajstić information content (AvgIpc) is 2.54. The van der Waals surface area contributed by atoms with E-state index in [1.165, 1.54) is 0 Å². The minimum Gasteiger partial charge on any atom is -0.367 e. The summed E-state index contributed by atoms with van der Waals surface area (Å²) in [6.07, 6.45) is 2.52. The molecule has 1 N–H and O–H groups in total. The Hall–Kier alpha value is -1.95.